The number of ether oxygens (including phenoxy) is 1. The summed E-state index contributed by atoms with van der Waals surface area (Å²) in [4.78, 5) is 25.4. The molecule has 5 nitrogen and oxygen atoms in total. The van der Waals surface area contributed by atoms with Gasteiger partial charge in [0.25, 0.3) is 0 Å². The van der Waals surface area contributed by atoms with Crippen molar-refractivity contribution >= 4 is 11.9 Å². The fourth-order valence-electron chi connectivity index (χ4n) is 3.20. The molecule has 0 spiro atoms. The first kappa shape index (κ1) is 14.3. The van der Waals surface area contributed by atoms with E-state index in [9.17, 15) is 14.7 Å². The number of rotatable bonds is 5. The van der Waals surface area contributed by atoms with E-state index in [1.165, 1.54) is 6.92 Å². The van der Waals surface area contributed by atoms with Crippen LogP contribution in [0.5, 0.6) is 0 Å². The van der Waals surface area contributed by atoms with Gasteiger partial charge < -0.3 is 14.7 Å². The molecule has 1 aliphatic heterocycles. The molecule has 2 rings (SSSR count). The third-order valence-corrected chi connectivity index (χ3v) is 4.16. The van der Waals surface area contributed by atoms with E-state index in [1.54, 1.807) is 4.90 Å². The predicted octanol–water partition coefficient (Wildman–Crippen LogP) is 1.80. The number of carbonyl (C=O) groups excluding carboxylic acids is 1. The second-order valence-electron chi connectivity index (χ2n) is 5.69. The van der Waals surface area contributed by atoms with Crippen molar-refractivity contribution in [3.05, 3.63) is 0 Å². The van der Waals surface area contributed by atoms with E-state index in [1.807, 2.05) is 0 Å². The molecule has 0 aromatic rings. The highest BCUT2D eigenvalue weighted by molar-refractivity contribution is 5.86. The van der Waals surface area contributed by atoms with Gasteiger partial charge in [0.05, 0.1) is 6.10 Å². The van der Waals surface area contributed by atoms with Gasteiger partial charge in [0.15, 0.2) is 0 Å². The number of nitrogens with zero attached hydrogens (tertiary/aromatic N) is 1. The van der Waals surface area contributed by atoms with Gasteiger partial charge in [-0.2, -0.15) is 0 Å². The molecular formula is C14H23NO4. The number of carboxylic acid groups (broad SMARTS) is 1. The van der Waals surface area contributed by atoms with E-state index in [0.717, 1.165) is 25.7 Å². The van der Waals surface area contributed by atoms with Crippen molar-refractivity contribution < 1.29 is 19.4 Å². The first-order chi connectivity index (χ1) is 9.01. The number of carbonyl (C=O) groups is 2. The van der Waals surface area contributed by atoms with Crippen molar-refractivity contribution in [2.75, 3.05) is 6.61 Å². The van der Waals surface area contributed by atoms with Gasteiger partial charge in [0.2, 0.25) is 5.91 Å². The summed E-state index contributed by atoms with van der Waals surface area (Å²) >= 11 is 0. The van der Waals surface area contributed by atoms with Crippen LogP contribution in [0.1, 0.15) is 52.4 Å². The number of amides is 1. The Labute approximate surface area is 113 Å². The molecule has 1 heterocycles. The molecule has 108 valence electrons. The smallest absolute Gasteiger partial charge is 0.329 e. The molecule has 0 radical (unpaired) electrons. The molecule has 1 aliphatic carbocycles. The van der Waals surface area contributed by atoms with Crippen molar-refractivity contribution in [1.82, 2.24) is 4.90 Å². The van der Waals surface area contributed by atoms with Gasteiger partial charge in [0, 0.05) is 32.4 Å². The van der Waals surface area contributed by atoms with Gasteiger partial charge in [0.1, 0.15) is 5.54 Å². The van der Waals surface area contributed by atoms with Crippen LogP contribution in [-0.4, -0.2) is 46.2 Å². The lowest BCUT2D eigenvalue weighted by atomic mass is 9.83. The molecule has 19 heavy (non-hydrogen) atoms. The molecule has 2 atom stereocenters. The summed E-state index contributed by atoms with van der Waals surface area (Å²) in [5.74, 6) is -0.999. The van der Waals surface area contributed by atoms with Crippen LogP contribution >= 0.6 is 0 Å². The summed E-state index contributed by atoms with van der Waals surface area (Å²) < 4.78 is 5.65. The van der Waals surface area contributed by atoms with Crippen LogP contribution in [0, 0.1) is 0 Å². The zero-order valence-electron chi connectivity index (χ0n) is 11.7. The Kier molecular flexibility index (Phi) is 4.13. The monoisotopic (exact) mass is 269 g/mol. The van der Waals surface area contributed by atoms with E-state index in [4.69, 9.17) is 4.74 Å². The number of hydrogen-bond acceptors (Lipinski definition) is 3. The topological polar surface area (TPSA) is 66.8 Å². The fourth-order valence-corrected chi connectivity index (χ4v) is 3.20. The maximum absolute atomic E-state index is 11.9. The molecule has 2 unspecified atom stereocenters. The summed E-state index contributed by atoms with van der Waals surface area (Å²) in [7, 11) is 0. The second-order valence-corrected chi connectivity index (χ2v) is 5.69. The zero-order chi connectivity index (χ0) is 14.0. The van der Waals surface area contributed by atoms with Gasteiger partial charge in [-0.05, 0) is 19.3 Å². The first-order valence-electron chi connectivity index (χ1n) is 7.16. The first-order valence-corrected chi connectivity index (χ1v) is 7.16. The van der Waals surface area contributed by atoms with Crippen LogP contribution in [0.25, 0.3) is 0 Å². The Morgan fingerprint density at radius 3 is 2.58 bits per heavy atom. The highest BCUT2D eigenvalue weighted by Gasteiger charge is 2.53. The fraction of sp³-hybridized carbons (Fsp3) is 0.857. The van der Waals surface area contributed by atoms with Crippen LogP contribution < -0.4 is 0 Å². The second kappa shape index (κ2) is 5.49. The van der Waals surface area contributed by atoms with E-state index in [-0.39, 0.29) is 18.1 Å². The van der Waals surface area contributed by atoms with Crippen molar-refractivity contribution in [1.29, 1.82) is 0 Å². The number of aliphatic carboxylic acids is 1. The summed E-state index contributed by atoms with van der Waals surface area (Å²) in [5.41, 5.74) is -1.05. The van der Waals surface area contributed by atoms with Crippen LogP contribution in [-0.2, 0) is 14.3 Å². The third-order valence-electron chi connectivity index (χ3n) is 4.16. The SMILES string of the molecule is CCCC1CC(C(=O)O)(N(C(C)=O)C2CC2)CCO1. The van der Waals surface area contributed by atoms with Gasteiger partial charge in [-0.25, -0.2) is 4.79 Å². The summed E-state index contributed by atoms with van der Waals surface area (Å²) in [6, 6.07) is 0.119. The molecule has 0 bridgehead atoms. The Balaban J connectivity index is 2.25. The highest BCUT2D eigenvalue weighted by atomic mass is 16.5. The highest BCUT2D eigenvalue weighted by Crippen LogP contribution is 2.40. The maximum Gasteiger partial charge on any atom is 0.329 e. The lowest BCUT2D eigenvalue weighted by molar-refractivity contribution is -0.171. The Hall–Kier alpha value is -1.10. The van der Waals surface area contributed by atoms with Crippen LogP contribution in [0.15, 0.2) is 0 Å². The standard InChI is InChI=1S/C14H23NO4/c1-3-4-12-9-14(13(17)18,7-8-19-12)15(10(2)16)11-5-6-11/h11-12H,3-9H2,1-2H3,(H,17,18). The summed E-state index contributed by atoms with van der Waals surface area (Å²) in [5, 5.41) is 9.72. The van der Waals surface area contributed by atoms with E-state index in [0.29, 0.717) is 19.4 Å². The Bertz CT molecular complexity index is 364. The van der Waals surface area contributed by atoms with Gasteiger partial charge in [-0.15, -0.1) is 0 Å². The largest absolute Gasteiger partial charge is 0.479 e. The average Bonchev–Trinajstić information content (AvgIpc) is 3.13. The average molecular weight is 269 g/mol. The maximum atomic E-state index is 11.9. The van der Waals surface area contributed by atoms with Crippen molar-refractivity contribution in [3.63, 3.8) is 0 Å². The lowest BCUT2D eigenvalue weighted by Crippen LogP contribution is -2.61. The van der Waals surface area contributed by atoms with Crippen molar-refractivity contribution in [2.45, 2.75) is 70.1 Å². The van der Waals surface area contributed by atoms with Crippen molar-refractivity contribution in [3.8, 4) is 0 Å². The molecule has 0 aromatic heterocycles. The minimum absolute atomic E-state index is 0.0459. The van der Waals surface area contributed by atoms with Gasteiger partial charge in [-0.1, -0.05) is 13.3 Å². The van der Waals surface area contributed by atoms with E-state index < -0.39 is 11.5 Å². The molecule has 1 saturated carbocycles. The molecule has 1 saturated heterocycles. The van der Waals surface area contributed by atoms with Crippen LogP contribution in [0.3, 0.4) is 0 Å². The molecule has 0 aromatic carbocycles. The zero-order valence-corrected chi connectivity index (χ0v) is 11.7. The van der Waals surface area contributed by atoms with Crippen molar-refractivity contribution in [2.24, 2.45) is 0 Å². The molecule has 2 fully saturated rings. The number of hydrogen-bond donors (Lipinski definition) is 1. The normalized spacial score (nSPS) is 30.9. The van der Waals surface area contributed by atoms with Crippen LogP contribution in [0.4, 0.5) is 0 Å². The summed E-state index contributed by atoms with van der Waals surface area (Å²) in [6.07, 6.45) is 4.44. The van der Waals surface area contributed by atoms with Gasteiger partial charge >= 0.3 is 5.97 Å². The molecule has 2 aliphatic rings. The number of carboxylic acids is 1. The van der Waals surface area contributed by atoms with Gasteiger partial charge in [-0.3, -0.25) is 4.79 Å². The lowest BCUT2D eigenvalue weighted by Gasteiger charge is -2.45. The van der Waals surface area contributed by atoms with Crippen LogP contribution in [0.2, 0.25) is 0 Å². The molecule has 1 amide bonds. The summed E-state index contributed by atoms with van der Waals surface area (Å²) in [6.45, 7) is 3.96. The third kappa shape index (κ3) is 2.76. The van der Waals surface area contributed by atoms with E-state index in [2.05, 4.69) is 6.92 Å². The Morgan fingerprint density at radius 1 is 1.42 bits per heavy atom. The Morgan fingerprint density at radius 2 is 2.11 bits per heavy atom. The minimum Gasteiger partial charge on any atom is -0.479 e. The predicted molar refractivity (Wildman–Crippen MR) is 69.8 cm³/mol. The molecule has 1 N–H and O–H groups in total. The molecular weight excluding hydrogens is 246 g/mol. The van der Waals surface area contributed by atoms with E-state index >= 15 is 0 Å². The quantitative estimate of drug-likeness (QED) is 0.826. The molecule has 5 heteroatoms. The minimum atomic E-state index is -1.05.